The third-order valence-corrected chi connectivity index (χ3v) is 3.67. The number of likely N-dealkylation sites (N-methyl/N-ethyl adjacent to an activating group) is 1. The molecule has 3 unspecified atom stereocenters. The first-order chi connectivity index (χ1) is 6.65. The van der Waals surface area contributed by atoms with Gasteiger partial charge in [-0.1, -0.05) is 19.8 Å². The summed E-state index contributed by atoms with van der Waals surface area (Å²) in [5, 5.41) is 9.47. The zero-order chi connectivity index (χ0) is 10.6. The van der Waals surface area contributed by atoms with Crippen LogP contribution in [-0.4, -0.2) is 41.6 Å². The molecule has 1 aliphatic rings. The van der Waals surface area contributed by atoms with Gasteiger partial charge in [0.25, 0.3) is 0 Å². The number of rotatable bonds is 4. The maximum absolute atomic E-state index is 9.47. The topological polar surface area (TPSA) is 23.5 Å². The van der Waals surface area contributed by atoms with Crippen molar-refractivity contribution in [1.82, 2.24) is 4.90 Å². The van der Waals surface area contributed by atoms with Gasteiger partial charge in [-0.05, 0) is 25.8 Å². The van der Waals surface area contributed by atoms with E-state index in [1.165, 1.54) is 25.7 Å². The predicted molar refractivity (Wildman–Crippen MR) is 60.8 cm³/mol. The summed E-state index contributed by atoms with van der Waals surface area (Å²) in [5.74, 6) is 1.10. The SMILES string of the molecule is CC1CCCCC1N(C)CC(O)CCl. The van der Waals surface area contributed by atoms with E-state index in [0.29, 0.717) is 18.5 Å². The number of aliphatic hydroxyl groups is 1. The Balaban J connectivity index is 2.37. The zero-order valence-corrected chi connectivity index (χ0v) is 10.0. The van der Waals surface area contributed by atoms with Crippen LogP contribution in [0.3, 0.4) is 0 Å². The molecule has 0 aromatic carbocycles. The van der Waals surface area contributed by atoms with Crippen LogP contribution in [0.2, 0.25) is 0 Å². The van der Waals surface area contributed by atoms with Crippen LogP contribution >= 0.6 is 11.6 Å². The van der Waals surface area contributed by atoms with Gasteiger partial charge in [-0.3, -0.25) is 0 Å². The fourth-order valence-electron chi connectivity index (χ4n) is 2.47. The smallest absolute Gasteiger partial charge is 0.0802 e. The van der Waals surface area contributed by atoms with E-state index < -0.39 is 0 Å². The van der Waals surface area contributed by atoms with Gasteiger partial charge in [0.05, 0.1) is 6.10 Å². The van der Waals surface area contributed by atoms with Crippen molar-refractivity contribution in [2.24, 2.45) is 5.92 Å². The molecule has 1 aliphatic carbocycles. The Labute approximate surface area is 92.2 Å². The van der Waals surface area contributed by atoms with Gasteiger partial charge in [0.15, 0.2) is 0 Å². The van der Waals surface area contributed by atoms with Gasteiger partial charge in [0, 0.05) is 18.5 Å². The number of halogens is 1. The Kier molecular flexibility index (Phi) is 5.21. The largest absolute Gasteiger partial charge is 0.391 e. The maximum Gasteiger partial charge on any atom is 0.0802 e. The van der Waals surface area contributed by atoms with Crippen LogP contribution in [0, 0.1) is 5.92 Å². The molecule has 0 aromatic heterocycles. The normalized spacial score (nSPS) is 30.6. The fraction of sp³-hybridized carbons (Fsp3) is 1.00. The predicted octanol–water partition coefficient (Wildman–Crippen LogP) is 2.10. The minimum Gasteiger partial charge on any atom is -0.391 e. The van der Waals surface area contributed by atoms with Gasteiger partial charge in [-0.15, -0.1) is 11.6 Å². The highest BCUT2D eigenvalue weighted by molar-refractivity contribution is 6.18. The molecule has 0 bridgehead atoms. The number of aliphatic hydroxyl groups excluding tert-OH is 1. The van der Waals surface area contributed by atoms with Crippen LogP contribution in [0.5, 0.6) is 0 Å². The molecule has 2 nitrogen and oxygen atoms in total. The lowest BCUT2D eigenvalue weighted by molar-refractivity contribution is 0.0812. The molecular formula is C11H22ClNO. The number of nitrogens with zero attached hydrogens (tertiary/aromatic N) is 1. The van der Waals surface area contributed by atoms with Crippen molar-refractivity contribution in [3.05, 3.63) is 0 Å². The highest BCUT2D eigenvalue weighted by atomic mass is 35.5. The van der Waals surface area contributed by atoms with Crippen LogP contribution in [0.4, 0.5) is 0 Å². The Hall–Kier alpha value is 0.210. The van der Waals surface area contributed by atoms with E-state index >= 15 is 0 Å². The number of hydrogen-bond donors (Lipinski definition) is 1. The monoisotopic (exact) mass is 219 g/mol. The Bertz CT molecular complexity index is 165. The van der Waals surface area contributed by atoms with Crippen molar-refractivity contribution in [3.8, 4) is 0 Å². The molecule has 1 rings (SSSR count). The summed E-state index contributed by atoms with van der Waals surface area (Å²) in [7, 11) is 2.10. The quantitative estimate of drug-likeness (QED) is 0.733. The molecule has 0 spiro atoms. The molecule has 0 amide bonds. The third kappa shape index (κ3) is 3.41. The van der Waals surface area contributed by atoms with Gasteiger partial charge in [0.2, 0.25) is 0 Å². The number of alkyl halides is 1. The zero-order valence-electron chi connectivity index (χ0n) is 9.25. The van der Waals surface area contributed by atoms with Crippen molar-refractivity contribution in [1.29, 1.82) is 0 Å². The van der Waals surface area contributed by atoms with E-state index in [4.69, 9.17) is 11.6 Å². The summed E-state index contributed by atoms with van der Waals surface area (Å²) < 4.78 is 0. The van der Waals surface area contributed by atoms with Gasteiger partial charge < -0.3 is 10.0 Å². The Morgan fingerprint density at radius 3 is 2.64 bits per heavy atom. The molecule has 1 N–H and O–H groups in total. The summed E-state index contributed by atoms with van der Waals surface area (Å²) in [6, 6.07) is 0.640. The van der Waals surface area contributed by atoms with Gasteiger partial charge in [-0.25, -0.2) is 0 Å². The molecule has 1 fully saturated rings. The second-order valence-electron chi connectivity index (χ2n) is 4.58. The van der Waals surface area contributed by atoms with Crippen LogP contribution in [0.25, 0.3) is 0 Å². The lowest BCUT2D eigenvalue weighted by atomic mass is 9.85. The molecule has 0 aliphatic heterocycles. The lowest BCUT2D eigenvalue weighted by Gasteiger charge is -2.37. The van der Waals surface area contributed by atoms with Crippen molar-refractivity contribution in [2.75, 3.05) is 19.5 Å². The van der Waals surface area contributed by atoms with E-state index in [-0.39, 0.29) is 6.10 Å². The molecule has 0 radical (unpaired) electrons. The minimum atomic E-state index is -0.379. The first-order valence-electron chi connectivity index (χ1n) is 5.59. The maximum atomic E-state index is 9.47. The average molecular weight is 220 g/mol. The summed E-state index contributed by atoms with van der Waals surface area (Å²) in [5.41, 5.74) is 0. The second kappa shape index (κ2) is 5.94. The molecule has 0 saturated heterocycles. The molecule has 3 heteroatoms. The first-order valence-corrected chi connectivity index (χ1v) is 6.13. The molecule has 0 aromatic rings. The van der Waals surface area contributed by atoms with E-state index in [2.05, 4.69) is 18.9 Å². The van der Waals surface area contributed by atoms with E-state index in [1.54, 1.807) is 0 Å². The molecule has 14 heavy (non-hydrogen) atoms. The Morgan fingerprint density at radius 1 is 1.43 bits per heavy atom. The molecule has 1 saturated carbocycles. The highest BCUT2D eigenvalue weighted by Gasteiger charge is 2.25. The fourth-order valence-corrected chi connectivity index (χ4v) is 2.57. The van der Waals surface area contributed by atoms with Crippen LogP contribution in [0.1, 0.15) is 32.6 Å². The van der Waals surface area contributed by atoms with Crippen molar-refractivity contribution in [2.45, 2.75) is 44.8 Å². The van der Waals surface area contributed by atoms with Gasteiger partial charge >= 0.3 is 0 Å². The standard InChI is InChI=1S/C11H22ClNO/c1-9-5-3-4-6-11(9)13(2)8-10(14)7-12/h9-11,14H,3-8H2,1-2H3. The molecule has 3 atom stereocenters. The van der Waals surface area contributed by atoms with Gasteiger partial charge in [0.1, 0.15) is 0 Å². The molecular weight excluding hydrogens is 198 g/mol. The summed E-state index contributed by atoms with van der Waals surface area (Å²) in [4.78, 5) is 2.27. The summed E-state index contributed by atoms with van der Waals surface area (Å²) in [6.07, 6.45) is 4.91. The molecule has 84 valence electrons. The second-order valence-corrected chi connectivity index (χ2v) is 4.89. The van der Waals surface area contributed by atoms with E-state index in [1.807, 2.05) is 0 Å². The van der Waals surface area contributed by atoms with Crippen molar-refractivity contribution in [3.63, 3.8) is 0 Å². The molecule has 0 heterocycles. The van der Waals surface area contributed by atoms with Crippen molar-refractivity contribution >= 4 is 11.6 Å². The summed E-state index contributed by atoms with van der Waals surface area (Å²) in [6.45, 7) is 3.02. The number of hydrogen-bond acceptors (Lipinski definition) is 2. The van der Waals surface area contributed by atoms with Crippen LogP contribution in [0.15, 0.2) is 0 Å². The summed E-state index contributed by atoms with van der Waals surface area (Å²) >= 11 is 5.59. The first kappa shape index (κ1) is 12.3. The van der Waals surface area contributed by atoms with E-state index in [0.717, 1.165) is 5.92 Å². The van der Waals surface area contributed by atoms with Crippen LogP contribution < -0.4 is 0 Å². The van der Waals surface area contributed by atoms with Gasteiger partial charge in [-0.2, -0.15) is 0 Å². The Morgan fingerprint density at radius 2 is 2.07 bits per heavy atom. The van der Waals surface area contributed by atoms with Crippen LogP contribution in [-0.2, 0) is 0 Å². The van der Waals surface area contributed by atoms with Crippen molar-refractivity contribution < 1.29 is 5.11 Å². The lowest BCUT2D eigenvalue weighted by Crippen LogP contribution is -2.43. The van der Waals surface area contributed by atoms with E-state index in [9.17, 15) is 5.11 Å². The highest BCUT2D eigenvalue weighted by Crippen LogP contribution is 2.27. The minimum absolute atomic E-state index is 0.339. The third-order valence-electron chi connectivity index (χ3n) is 3.31. The average Bonchev–Trinajstić information content (AvgIpc) is 2.18.